The Morgan fingerprint density at radius 2 is 2.10 bits per heavy atom. The average Bonchev–Trinajstić information content (AvgIpc) is 2.47. The normalized spacial score (nSPS) is 12.4. The van der Waals surface area contributed by atoms with Gasteiger partial charge in [0, 0.05) is 32.3 Å². The number of aliphatic hydroxyl groups is 1. The molecule has 1 amide bonds. The van der Waals surface area contributed by atoms with Gasteiger partial charge >= 0.3 is 0 Å². The van der Waals surface area contributed by atoms with Crippen molar-refractivity contribution in [3.63, 3.8) is 0 Å². The number of rotatable bonds is 5. The van der Waals surface area contributed by atoms with E-state index in [2.05, 4.69) is 4.98 Å². The van der Waals surface area contributed by atoms with Gasteiger partial charge in [0.15, 0.2) is 0 Å². The van der Waals surface area contributed by atoms with Crippen molar-refractivity contribution in [2.45, 2.75) is 6.10 Å². The highest BCUT2D eigenvalue weighted by atomic mass is 35.5. The van der Waals surface area contributed by atoms with Crippen LogP contribution >= 0.6 is 11.6 Å². The lowest BCUT2D eigenvalue weighted by Crippen LogP contribution is -2.36. The number of ether oxygens (including phenoxy) is 1. The zero-order chi connectivity index (χ0) is 15.4. The molecule has 5 nitrogen and oxygen atoms in total. The predicted molar refractivity (Wildman–Crippen MR) is 81.6 cm³/mol. The van der Waals surface area contributed by atoms with Crippen LogP contribution in [0, 0.1) is 0 Å². The summed E-state index contributed by atoms with van der Waals surface area (Å²) in [7, 11) is 3.13. The monoisotopic (exact) mass is 308 g/mol. The highest BCUT2D eigenvalue weighted by Crippen LogP contribution is 2.24. The van der Waals surface area contributed by atoms with E-state index < -0.39 is 6.10 Å². The Labute approximate surface area is 128 Å². The smallest absolute Gasteiger partial charge is 0.255 e. The van der Waals surface area contributed by atoms with Gasteiger partial charge in [-0.1, -0.05) is 35.9 Å². The van der Waals surface area contributed by atoms with Gasteiger partial charge in [-0.05, 0) is 5.39 Å². The van der Waals surface area contributed by atoms with E-state index in [9.17, 15) is 9.90 Å². The third kappa shape index (κ3) is 3.50. The fourth-order valence-electron chi connectivity index (χ4n) is 2.18. The van der Waals surface area contributed by atoms with Crippen molar-refractivity contribution in [2.24, 2.45) is 0 Å². The Morgan fingerprint density at radius 1 is 1.43 bits per heavy atom. The number of nitrogens with zero attached hydrogens (tertiary/aromatic N) is 2. The van der Waals surface area contributed by atoms with Gasteiger partial charge in [-0.25, -0.2) is 4.98 Å². The first kappa shape index (κ1) is 15.7. The van der Waals surface area contributed by atoms with Gasteiger partial charge in [0.2, 0.25) is 0 Å². The van der Waals surface area contributed by atoms with Crippen LogP contribution in [0.3, 0.4) is 0 Å². The minimum absolute atomic E-state index is 0.178. The zero-order valence-electron chi connectivity index (χ0n) is 11.9. The SMILES string of the molecule is COCC(O)CN(C)C(=O)c1cnc(Cl)c2ccccc12. The van der Waals surface area contributed by atoms with Crippen LogP contribution in [0.1, 0.15) is 10.4 Å². The molecule has 0 fully saturated rings. The number of aliphatic hydroxyl groups excluding tert-OH is 1. The van der Waals surface area contributed by atoms with E-state index in [4.69, 9.17) is 16.3 Å². The van der Waals surface area contributed by atoms with E-state index >= 15 is 0 Å². The Kier molecular flexibility index (Phi) is 5.12. The van der Waals surface area contributed by atoms with Crippen LogP contribution in [0.25, 0.3) is 10.8 Å². The van der Waals surface area contributed by atoms with Gasteiger partial charge in [0.05, 0.1) is 18.3 Å². The summed E-state index contributed by atoms with van der Waals surface area (Å²) in [6.45, 7) is 0.362. The van der Waals surface area contributed by atoms with Crippen LogP contribution in [0.15, 0.2) is 30.5 Å². The van der Waals surface area contributed by atoms with E-state index in [1.54, 1.807) is 7.05 Å². The summed E-state index contributed by atoms with van der Waals surface area (Å²) in [4.78, 5) is 18.0. The summed E-state index contributed by atoms with van der Waals surface area (Å²) in [5.41, 5.74) is 0.460. The molecule has 0 saturated carbocycles. The average molecular weight is 309 g/mol. The number of likely N-dealkylation sites (N-methyl/N-ethyl adjacent to an activating group) is 1. The van der Waals surface area contributed by atoms with Crippen molar-refractivity contribution >= 4 is 28.3 Å². The van der Waals surface area contributed by atoms with E-state index in [1.807, 2.05) is 24.3 Å². The lowest BCUT2D eigenvalue weighted by Gasteiger charge is -2.21. The Hall–Kier alpha value is -1.69. The van der Waals surface area contributed by atoms with Crippen LogP contribution in [0.5, 0.6) is 0 Å². The molecular weight excluding hydrogens is 292 g/mol. The molecule has 6 heteroatoms. The summed E-state index contributed by atoms with van der Waals surface area (Å²) in [5.74, 6) is -0.217. The van der Waals surface area contributed by atoms with Gasteiger partial charge < -0.3 is 14.7 Å². The number of methoxy groups -OCH3 is 1. The van der Waals surface area contributed by atoms with Gasteiger partial charge in [-0.15, -0.1) is 0 Å². The second-order valence-corrected chi connectivity index (χ2v) is 5.16. The predicted octanol–water partition coefficient (Wildman–Crippen LogP) is 1.97. The third-order valence-electron chi connectivity index (χ3n) is 3.17. The summed E-state index contributed by atoms with van der Waals surface area (Å²) in [6, 6.07) is 7.34. The van der Waals surface area contributed by atoms with Gasteiger partial charge in [0.1, 0.15) is 5.15 Å². The lowest BCUT2D eigenvalue weighted by atomic mass is 10.1. The summed E-state index contributed by atoms with van der Waals surface area (Å²) < 4.78 is 4.86. The standard InChI is InChI=1S/C15H17ClN2O3/c1-18(8-10(19)9-21-2)15(20)13-7-17-14(16)12-6-4-3-5-11(12)13/h3-7,10,19H,8-9H2,1-2H3. The summed E-state index contributed by atoms with van der Waals surface area (Å²) >= 11 is 6.05. The fraction of sp³-hybridized carbons (Fsp3) is 0.333. The third-order valence-corrected chi connectivity index (χ3v) is 3.47. The van der Waals surface area contributed by atoms with Gasteiger partial charge in [0.25, 0.3) is 5.91 Å². The fourth-order valence-corrected chi connectivity index (χ4v) is 2.39. The number of pyridine rings is 1. The topological polar surface area (TPSA) is 62.7 Å². The molecule has 1 N–H and O–H groups in total. The Morgan fingerprint density at radius 3 is 2.76 bits per heavy atom. The van der Waals surface area contributed by atoms with Crippen LogP contribution in [0.2, 0.25) is 5.15 Å². The molecule has 1 heterocycles. The van der Waals surface area contributed by atoms with Crippen molar-refractivity contribution < 1.29 is 14.6 Å². The van der Waals surface area contributed by atoms with E-state index in [0.29, 0.717) is 10.7 Å². The van der Waals surface area contributed by atoms with Crippen LogP contribution < -0.4 is 0 Å². The molecule has 1 unspecified atom stereocenters. The maximum absolute atomic E-state index is 12.5. The number of aromatic nitrogens is 1. The molecule has 2 rings (SSSR count). The van der Waals surface area contributed by atoms with Crippen LogP contribution in [0.4, 0.5) is 0 Å². The summed E-state index contributed by atoms with van der Waals surface area (Å²) in [5, 5.41) is 11.6. The molecule has 2 aromatic rings. The van der Waals surface area contributed by atoms with Crippen molar-refractivity contribution in [3.8, 4) is 0 Å². The molecule has 0 aliphatic rings. The maximum Gasteiger partial charge on any atom is 0.255 e. The molecular formula is C15H17ClN2O3. The van der Waals surface area contributed by atoms with Crippen molar-refractivity contribution in [3.05, 3.63) is 41.2 Å². The molecule has 0 radical (unpaired) electrons. The van der Waals surface area contributed by atoms with E-state index in [0.717, 1.165) is 10.8 Å². The molecule has 0 bridgehead atoms. The first-order valence-corrected chi connectivity index (χ1v) is 6.88. The van der Waals surface area contributed by atoms with Crippen LogP contribution in [-0.4, -0.2) is 54.3 Å². The first-order chi connectivity index (χ1) is 10.0. The second-order valence-electron chi connectivity index (χ2n) is 4.80. The largest absolute Gasteiger partial charge is 0.389 e. The van der Waals surface area contributed by atoms with Crippen molar-refractivity contribution in [1.29, 1.82) is 0 Å². The minimum Gasteiger partial charge on any atom is -0.389 e. The van der Waals surface area contributed by atoms with E-state index in [-0.39, 0.29) is 19.1 Å². The molecule has 0 saturated heterocycles. The van der Waals surface area contributed by atoms with E-state index in [1.165, 1.54) is 18.2 Å². The first-order valence-electron chi connectivity index (χ1n) is 6.50. The second kappa shape index (κ2) is 6.85. The van der Waals surface area contributed by atoms with Gasteiger partial charge in [-0.2, -0.15) is 0 Å². The highest BCUT2D eigenvalue weighted by Gasteiger charge is 2.18. The molecule has 1 atom stereocenters. The zero-order valence-corrected chi connectivity index (χ0v) is 12.7. The highest BCUT2D eigenvalue weighted by molar-refractivity contribution is 6.34. The van der Waals surface area contributed by atoms with Crippen molar-refractivity contribution in [2.75, 3.05) is 27.3 Å². The Balaban J connectivity index is 2.29. The lowest BCUT2D eigenvalue weighted by molar-refractivity contribution is 0.0381. The summed E-state index contributed by atoms with van der Waals surface area (Å²) in [6.07, 6.45) is 0.738. The molecule has 0 aliphatic heterocycles. The number of halogens is 1. The molecule has 0 aliphatic carbocycles. The quantitative estimate of drug-likeness (QED) is 0.858. The van der Waals surface area contributed by atoms with Gasteiger partial charge in [-0.3, -0.25) is 4.79 Å². The number of hydrogen-bond donors (Lipinski definition) is 1. The molecule has 112 valence electrons. The Bertz CT molecular complexity index is 648. The molecule has 0 spiro atoms. The minimum atomic E-state index is -0.726. The number of hydrogen-bond acceptors (Lipinski definition) is 4. The van der Waals surface area contributed by atoms with Crippen molar-refractivity contribution in [1.82, 2.24) is 9.88 Å². The maximum atomic E-state index is 12.5. The molecule has 21 heavy (non-hydrogen) atoms. The number of fused-ring (bicyclic) bond motifs is 1. The number of amides is 1. The number of benzene rings is 1. The molecule has 1 aromatic heterocycles. The van der Waals surface area contributed by atoms with Crippen LogP contribution in [-0.2, 0) is 4.74 Å². The molecule has 1 aromatic carbocycles. The number of carbonyl (C=O) groups is 1. The number of carbonyl (C=O) groups excluding carboxylic acids is 1.